The van der Waals surface area contributed by atoms with E-state index < -0.39 is 20.3 Å². The summed E-state index contributed by atoms with van der Waals surface area (Å²) < 4.78 is 29.7. The van der Waals surface area contributed by atoms with Crippen molar-refractivity contribution < 1.29 is 8.42 Å². The van der Waals surface area contributed by atoms with Crippen molar-refractivity contribution in [2.75, 3.05) is 0 Å². The third kappa shape index (κ3) is 5.00. The fourth-order valence-corrected chi connectivity index (χ4v) is 7.24. The Bertz CT molecular complexity index is 510. The average molecular weight is 376 g/mol. The summed E-state index contributed by atoms with van der Waals surface area (Å²) in [5, 5.41) is 0. The molecule has 0 saturated carbocycles. The second-order valence-corrected chi connectivity index (χ2v) is 11.8. The third-order valence-corrected chi connectivity index (χ3v) is 10.1. The van der Waals surface area contributed by atoms with Crippen LogP contribution in [0.25, 0.3) is 0 Å². The fraction of sp³-hybridized carbons (Fsp3) is 1.00. The van der Waals surface area contributed by atoms with E-state index >= 15 is 0 Å². The van der Waals surface area contributed by atoms with E-state index in [0.717, 1.165) is 19.3 Å². The Morgan fingerprint density at radius 3 is 1.48 bits per heavy atom. The molecule has 0 atom stereocenters. The van der Waals surface area contributed by atoms with E-state index in [0.29, 0.717) is 18.8 Å². The highest BCUT2D eigenvalue weighted by atomic mass is 32.2. The minimum atomic E-state index is -3.47. The maximum Gasteiger partial charge on any atom is 0.218 e. The molecule has 152 valence electrons. The van der Waals surface area contributed by atoms with E-state index in [1.807, 2.05) is 27.7 Å². The van der Waals surface area contributed by atoms with E-state index in [1.54, 1.807) is 0 Å². The molecule has 0 amide bonds. The van der Waals surface area contributed by atoms with Crippen LogP contribution in [0.4, 0.5) is 0 Å². The van der Waals surface area contributed by atoms with Crippen molar-refractivity contribution in [3.63, 3.8) is 0 Å². The van der Waals surface area contributed by atoms with Crippen LogP contribution in [0.2, 0.25) is 0 Å². The monoisotopic (exact) mass is 375 g/mol. The van der Waals surface area contributed by atoms with Crippen LogP contribution in [0.15, 0.2) is 0 Å². The lowest BCUT2D eigenvalue weighted by atomic mass is 9.69. The molecule has 0 unspecified atom stereocenters. The predicted molar refractivity (Wildman–Crippen MR) is 111 cm³/mol. The second kappa shape index (κ2) is 8.29. The predicted octanol–water partition coefficient (Wildman–Crippen LogP) is 6.14. The molecule has 0 radical (unpaired) electrons. The first kappa shape index (κ1) is 24.9. The van der Waals surface area contributed by atoms with Gasteiger partial charge in [0.05, 0.1) is 4.75 Å². The van der Waals surface area contributed by atoms with Crippen molar-refractivity contribution >= 4 is 10.0 Å². The Balaban J connectivity index is 5.94. The van der Waals surface area contributed by atoms with E-state index in [1.165, 1.54) is 0 Å². The highest BCUT2D eigenvalue weighted by molar-refractivity contribution is 7.91. The minimum absolute atomic E-state index is 0.0753. The van der Waals surface area contributed by atoms with Gasteiger partial charge in [-0.25, -0.2) is 13.1 Å². The molecule has 0 heterocycles. The lowest BCUT2D eigenvalue weighted by molar-refractivity contribution is 0.162. The molecule has 0 aromatic rings. The normalized spacial score (nSPS) is 15.0. The van der Waals surface area contributed by atoms with Crippen molar-refractivity contribution in [1.82, 2.24) is 4.72 Å². The zero-order chi connectivity index (χ0) is 20.3. The molecule has 0 aliphatic carbocycles. The summed E-state index contributed by atoms with van der Waals surface area (Å²) in [6.07, 6.45) is 3.82. The van der Waals surface area contributed by atoms with E-state index in [9.17, 15) is 8.42 Å². The zero-order valence-corrected chi connectivity index (χ0v) is 19.7. The molecular formula is C21H45NO2S. The number of rotatable bonds is 11. The zero-order valence-electron chi connectivity index (χ0n) is 18.8. The standard InChI is InChI=1S/C21H45NO2S/c1-12-20(11,13-2)21(14-3,15-4)25(23,24)22-19(9,10)16-18(7,8)17(5)6/h17,22H,12-16H2,1-11H3. The van der Waals surface area contributed by atoms with E-state index in [4.69, 9.17) is 0 Å². The summed E-state index contributed by atoms with van der Waals surface area (Å²) >= 11 is 0. The molecule has 0 spiro atoms. The Kier molecular flexibility index (Phi) is 8.26. The van der Waals surface area contributed by atoms with Gasteiger partial charge in [-0.1, -0.05) is 62.3 Å². The summed E-state index contributed by atoms with van der Waals surface area (Å²) in [6.45, 7) is 23.3. The highest BCUT2D eigenvalue weighted by Gasteiger charge is 2.54. The first-order valence-corrected chi connectivity index (χ1v) is 11.6. The van der Waals surface area contributed by atoms with Gasteiger partial charge in [0.15, 0.2) is 0 Å². The van der Waals surface area contributed by atoms with Crippen molar-refractivity contribution in [3.8, 4) is 0 Å². The van der Waals surface area contributed by atoms with Gasteiger partial charge in [-0.05, 0) is 62.7 Å². The molecule has 25 heavy (non-hydrogen) atoms. The van der Waals surface area contributed by atoms with Gasteiger partial charge >= 0.3 is 0 Å². The van der Waals surface area contributed by atoms with Crippen LogP contribution in [0.1, 0.15) is 108 Å². The van der Waals surface area contributed by atoms with Crippen molar-refractivity contribution in [2.45, 2.75) is 119 Å². The Labute approximate surface area is 158 Å². The Morgan fingerprint density at radius 2 is 1.20 bits per heavy atom. The Hall–Kier alpha value is -0.0900. The van der Waals surface area contributed by atoms with Gasteiger partial charge in [0.1, 0.15) is 0 Å². The van der Waals surface area contributed by atoms with E-state index in [-0.39, 0.29) is 10.8 Å². The fourth-order valence-electron chi connectivity index (χ4n) is 4.54. The molecule has 0 bridgehead atoms. The lowest BCUT2D eigenvalue weighted by Gasteiger charge is -2.49. The van der Waals surface area contributed by atoms with Gasteiger partial charge in [0.2, 0.25) is 10.0 Å². The first-order chi connectivity index (χ1) is 11.1. The number of hydrogen-bond acceptors (Lipinski definition) is 2. The number of hydrogen-bond donors (Lipinski definition) is 1. The van der Waals surface area contributed by atoms with Crippen molar-refractivity contribution in [2.24, 2.45) is 16.7 Å². The van der Waals surface area contributed by atoms with Crippen LogP contribution in [0.5, 0.6) is 0 Å². The van der Waals surface area contributed by atoms with Gasteiger partial charge < -0.3 is 0 Å². The molecule has 0 aliphatic rings. The summed E-state index contributed by atoms with van der Waals surface area (Å²) in [7, 11) is -3.47. The van der Waals surface area contributed by atoms with Gasteiger partial charge in [-0.15, -0.1) is 0 Å². The molecular weight excluding hydrogens is 330 g/mol. The van der Waals surface area contributed by atoms with Gasteiger partial charge in [0.25, 0.3) is 0 Å². The molecule has 0 rings (SSSR count). The maximum absolute atomic E-state index is 13.6. The number of nitrogens with one attached hydrogen (secondary N) is 1. The average Bonchev–Trinajstić information content (AvgIpc) is 2.45. The van der Waals surface area contributed by atoms with Crippen molar-refractivity contribution in [1.29, 1.82) is 0 Å². The van der Waals surface area contributed by atoms with E-state index in [2.05, 4.69) is 53.2 Å². The molecule has 0 aromatic heterocycles. The molecule has 0 aliphatic heterocycles. The van der Waals surface area contributed by atoms with Crippen LogP contribution in [-0.4, -0.2) is 18.7 Å². The molecule has 3 nitrogen and oxygen atoms in total. The number of sulfonamides is 1. The SMILES string of the molecule is CCC(C)(CC)C(CC)(CC)S(=O)(=O)NC(C)(C)CC(C)(C)C(C)C. The van der Waals surface area contributed by atoms with Crippen LogP contribution in [0, 0.1) is 16.7 Å². The van der Waals surface area contributed by atoms with Crippen LogP contribution in [0.3, 0.4) is 0 Å². The van der Waals surface area contributed by atoms with Gasteiger partial charge in [-0.2, -0.15) is 0 Å². The molecule has 1 N–H and O–H groups in total. The highest BCUT2D eigenvalue weighted by Crippen LogP contribution is 2.48. The molecule has 0 saturated heterocycles. The third-order valence-electron chi connectivity index (χ3n) is 7.19. The van der Waals surface area contributed by atoms with Gasteiger partial charge in [-0.3, -0.25) is 0 Å². The van der Waals surface area contributed by atoms with Crippen molar-refractivity contribution in [3.05, 3.63) is 0 Å². The Morgan fingerprint density at radius 1 is 0.800 bits per heavy atom. The quantitative estimate of drug-likeness (QED) is 0.471. The molecule has 4 heteroatoms. The smallest absolute Gasteiger partial charge is 0.212 e. The van der Waals surface area contributed by atoms with Gasteiger partial charge in [0, 0.05) is 5.54 Å². The minimum Gasteiger partial charge on any atom is -0.212 e. The van der Waals surface area contributed by atoms with Crippen LogP contribution in [-0.2, 0) is 10.0 Å². The van der Waals surface area contributed by atoms with Crippen LogP contribution >= 0.6 is 0 Å². The summed E-state index contributed by atoms with van der Waals surface area (Å²) in [5.74, 6) is 0.495. The summed E-state index contributed by atoms with van der Waals surface area (Å²) in [5.41, 5.74) is -0.623. The maximum atomic E-state index is 13.6. The first-order valence-electron chi connectivity index (χ1n) is 10.1. The van der Waals surface area contributed by atoms with Crippen LogP contribution < -0.4 is 4.72 Å². The summed E-state index contributed by atoms with van der Waals surface area (Å²) in [4.78, 5) is 0. The largest absolute Gasteiger partial charge is 0.218 e. The molecule has 0 aromatic carbocycles. The summed E-state index contributed by atoms with van der Waals surface area (Å²) in [6, 6.07) is 0. The second-order valence-electron chi connectivity index (χ2n) is 9.78. The molecule has 0 fully saturated rings. The topological polar surface area (TPSA) is 46.2 Å². The lowest BCUT2D eigenvalue weighted by Crippen LogP contribution is -2.60.